The van der Waals surface area contributed by atoms with Crippen molar-refractivity contribution in [2.45, 2.75) is 77.4 Å². The van der Waals surface area contributed by atoms with Crippen LogP contribution >= 0.6 is 0 Å². The van der Waals surface area contributed by atoms with Crippen molar-refractivity contribution in [1.29, 1.82) is 0 Å². The van der Waals surface area contributed by atoms with Crippen LogP contribution in [0.15, 0.2) is 0 Å². The van der Waals surface area contributed by atoms with Gasteiger partial charge >= 0.3 is 5.97 Å². The summed E-state index contributed by atoms with van der Waals surface area (Å²) in [6.45, 7) is 6.58. The largest absolute Gasteiger partial charge is 0.480 e. The van der Waals surface area contributed by atoms with Crippen molar-refractivity contribution >= 4 is 11.9 Å². The van der Waals surface area contributed by atoms with Crippen molar-refractivity contribution in [3.8, 4) is 0 Å². The van der Waals surface area contributed by atoms with Crippen molar-refractivity contribution < 1.29 is 14.7 Å². The summed E-state index contributed by atoms with van der Waals surface area (Å²) in [5, 5.41) is 12.3. The number of hydrogen-bond acceptors (Lipinski definition) is 3. The van der Waals surface area contributed by atoms with Crippen LogP contribution in [0.3, 0.4) is 0 Å². The topological polar surface area (TPSA) is 69.6 Å². The molecule has 3 unspecified atom stereocenters. The van der Waals surface area contributed by atoms with E-state index in [9.17, 15) is 14.7 Å². The molecule has 5 nitrogen and oxygen atoms in total. The van der Waals surface area contributed by atoms with Crippen LogP contribution in [0.1, 0.15) is 59.3 Å². The van der Waals surface area contributed by atoms with Gasteiger partial charge in [-0.3, -0.25) is 14.5 Å². The molecule has 0 bridgehead atoms. The summed E-state index contributed by atoms with van der Waals surface area (Å²) in [5.74, 6) is -0.868. The van der Waals surface area contributed by atoms with E-state index in [2.05, 4.69) is 12.2 Å². The molecule has 1 rings (SSSR count). The molecule has 3 atom stereocenters. The third-order valence-electron chi connectivity index (χ3n) is 4.07. The van der Waals surface area contributed by atoms with Crippen LogP contribution in [0.5, 0.6) is 0 Å². The number of aliphatic carboxylic acids is 1. The van der Waals surface area contributed by atoms with Crippen LogP contribution in [0.25, 0.3) is 0 Å². The number of nitrogens with one attached hydrogen (secondary N) is 1. The molecule has 0 spiro atoms. The zero-order valence-electron chi connectivity index (χ0n) is 12.9. The normalized spacial score (nSPS) is 23.6. The van der Waals surface area contributed by atoms with Gasteiger partial charge in [-0.15, -0.1) is 0 Å². The Hall–Kier alpha value is -1.10. The number of likely N-dealkylation sites (tertiary alicyclic amines) is 1. The molecular weight excluding hydrogens is 256 g/mol. The lowest BCUT2D eigenvalue weighted by Gasteiger charge is -2.32. The maximum absolute atomic E-state index is 12.3. The number of carboxylic acids is 1. The summed E-state index contributed by atoms with van der Waals surface area (Å²) in [7, 11) is 0. The first-order chi connectivity index (χ1) is 9.47. The molecule has 0 aliphatic carbocycles. The molecule has 1 fully saturated rings. The zero-order valence-corrected chi connectivity index (χ0v) is 12.9. The third-order valence-corrected chi connectivity index (χ3v) is 4.07. The fraction of sp³-hybridized carbons (Fsp3) is 0.867. The van der Waals surface area contributed by atoms with Gasteiger partial charge in [-0.05, 0) is 39.7 Å². The summed E-state index contributed by atoms with van der Waals surface area (Å²) >= 11 is 0. The van der Waals surface area contributed by atoms with Crippen molar-refractivity contribution in [2.75, 3.05) is 6.54 Å². The Morgan fingerprint density at radius 1 is 1.30 bits per heavy atom. The molecule has 20 heavy (non-hydrogen) atoms. The maximum atomic E-state index is 12.3. The van der Waals surface area contributed by atoms with Gasteiger partial charge in [0.2, 0.25) is 5.91 Å². The molecule has 2 N–H and O–H groups in total. The van der Waals surface area contributed by atoms with E-state index < -0.39 is 12.0 Å². The molecule has 0 aromatic carbocycles. The van der Waals surface area contributed by atoms with Gasteiger partial charge in [0.15, 0.2) is 0 Å². The third kappa shape index (κ3) is 4.78. The fourth-order valence-corrected chi connectivity index (χ4v) is 2.88. The van der Waals surface area contributed by atoms with E-state index in [0.717, 1.165) is 32.1 Å². The molecular formula is C15H28N2O3. The number of hydrogen-bond donors (Lipinski definition) is 2. The first-order valence-corrected chi connectivity index (χ1v) is 7.76. The highest BCUT2D eigenvalue weighted by molar-refractivity contribution is 5.83. The summed E-state index contributed by atoms with van der Waals surface area (Å²) in [5.41, 5.74) is 0. The molecule has 0 aromatic rings. The van der Waals surface area contributed by atoms with Gasteiger partial charge in [-0.1, -0.05) is 26.2 Å². The lowest BCUT2D eigenvalue weighted by Crippen LogP contribution is -2.53. The first kappa shape index (κ1) is 17.0. The Balaban J connectivity index is 2.68. The molecule has 116 valence electrons. The molecule has 0 aromatic heterocycles. The highest BCUT2D eigenvalue weighted by Crippen LogP contribution is 2.19. The van der Waals surface area contributed by atoms with E-state index in [1.165, 1.54) is 0 Å². The minimum absolute atomic E-state index is 0.0564. The number of rotatable bonds is 6. The second-order valence-electron chi connectivity index (χ2n) is 5.82. The summed E-state index contributed by atoms with van der Waals surface area (Å²) in [4.78, 5) is 25.5. The van der Waals surface area contributed by atoms with Crippen LogP contribution in [-0.4, -0.2) is 46.6 Å². The van der Waals surface area contributed by atoms with E-state index in [1.54, 1.807) is 0 Å². The average Bonchev–Trinajstić information content (AvgIpc) is 2.63. The molecule has 0 saturated carbocycles. The SMILES string of the molecule is CCCC(C)NC(=O)C(C)N1CCCCCC1C(=O)O. The fourth-order valence-electron chi connectivity index (χ4n) is 2.88. The Bertz CT molecular complexity index is 333. The predicted octanol–water partition coefficient (Wildman–Crippen LogP) is 2.01. The summed E-state index contributed by atoms with van der Waals surface area (Å²) in [6, 6.07) is -0.765. The van der Waals surface area contributed by atoms with Gasteiger partial charge in [0.25, 0.3) is 0 Å². The van der Waals surface area contributed by atoms with E-state index in [4.69, 9.17) is 0 Å². The van der Waals surface area contributed by atoms with Crippen molar-refractivity contribution in [3.63, 3.8) is 0 Å². The lowest BCUT2D eigenvalue weighted by molar-refractivity contribution is -0.145. The van der Waals surface area contributed by atoms with Gasteiger partial charge in [0.1, 0.15) is 6.04 Å². The molecule has 1 aliphatic heterocycles. The number of carbonyl (C=O) groups is 2. The molecule has 1 amide bonds. The summed E-state index contributed by atoms with van der Waals surface area (Å²) in [6.07, 6.45) is 5.54. The lowest BCUT2D eigenvalue weighted by atomic mass is 10.1. The Kier molecular flexibility index (Phi) is 6.99. The quantitative estimate of drug-likeness (QED) is 0.783. The number of carboxylic acid groups (broad SMARTS) is 1. The van der Waals surface area contributed by atoms with Gasteiger partial charge in [-0.25, -0.2) is 0 Å². The van der Waals surface area contributed by atoms with Gasteiger partial charge in [0.05, 0.1) is 6.04 Å². The number of nitrogens with zero attached hydrogens (tertiary/aromatic N) is 1. The van der Waals surface area contributed by atoms with Gasteiger partial charge < -0.3 is 10.4 Å². The van der Waals surface area contributed by atoms with Gasteiger partial charge in [-0.2, -0.15) is 0 Å². The number of amides is 1. The monoisotopic (exact) mass is 284 g/mol. The number of carbonyl (C=O) groups excluding carboxylic acids is 1. The van der Waals surface area contributed by atoms with Gasteiger partial charge in [0, 0.05) is 6.04 Å². The standard InChI is InChI=1S/C15H28N2O3/c1-4-8-11(2)16-14(18)12(3)17-10-7-5-6-9-13(17)15(19)20/h11-13H,4-10H2,1-3H3,(H,16,18)(H,19,20). The van der Waals surface area contributed by atoms with E-state index in [1.807, 2.05) is 18.7 Å². The molecule has 5 heteroatoms. The van der Waals surface area contributed by atoms with E-state index >= 15 is 0 Å². The van der Waals surface area contributed by atoms with Crippen LogP contribution in [0.4, 0.5) is 0 Å². The zero-order chi connectivity index (χ0) is 15.1. The Labute approximate surface area is 121 Å². The second-order valence-corrected chi connectivity index (χ2v) is 5.82. The van der Waals surface area contributed by atoms with Crippen LogP contribution in [-0.2, 0) is 9.59 Å². The average molecular weight is 284 g/mol. The van der Waals surface area contributed by atoms with E-state index in [-0.39, 0.29) is 18.0 Å². The smallest absolute Gasteiger partial charge is 0.320 e. The van der Waals surface area contributed by atoms with Crippen molar-refractivity contribution in [2.24, 2.45) is 0 Å². The van der Waals surface area contributed by atoms with Crippen LogP contribution < -0.4 is 5.32 Å². The molecule has 1 heterocycles. The van der Waals surface area contributed by atoms with Crippen LogP contribution in [0.2, 0.25) is 0 Å². The molecule has 0 radical (unpaired) electrons. The Morgan fingerprint density at radius 3 is 2.60 bits per heavy atom. The molecule has 1 saturated heterocycles. The maximum Gasteiger partial charge on any atom is 0.320 e. The second kappa shape index (κ2) is 8.25. The minimum atomic E-state index is -0.812. The summed E-state index contributed by atoms with van der Waals surface area (Å²) < 4.78 is 0. The predicted molar refractivity (Wildman–Crippen MR) is 78.6 cm³/mol. The van der Waals surface area contributed by atoms with Crippen molar-refractivity contribution in [3.05, 3.63) is 0 Å². The minimum Gasteiger partial charge on any atom is -0.480 e. The van der Waals surface area contributed by atoms with Crippen molar-refractivity contribution in [1.82, 2.24) is 10.2 Å². The highest BCUT2D eigenvalue weighted by atomic mass is 16.4. The van der Waals surface area contributed by atoms with Crippen LogP contribution in [0, 0.1) is 0 Å². The van der Waals surface area contributed by atoms with E-state index in [0.29, 0.717) is 13.0 Å². The first-order valence-electron chi connectivity index (χ1n) is 7.76. The molecule has 1 aliphatic rings. The Morgan fingerprint density at radius 2 is 2.00 bits per heavy atom. The highest BCUT2D eigenvalue weighted by Gasteiger charge is 2.33.